The lowest BCUT2D eigenvalue weighted by atomic mass is 9.98. The SMILES string of the molecule is c1ccc(-c2ccc3c(oc4ccccc43)c2N(c2ccccc2)c2cc3c4ccccc4n4c5ccccc5c(c2)c34)cc1. The zero-order valence-electron chi connectivity index (χ0n) is 24.3. The van der Waals surface area contributed by atoms with Crippen molar-refractivity contribution >= 4 is 77.1 Å². The fourth-order valence-electron chi connectivity index (χ4n) is 7.39. The third-order valence-corrected chi connectivity index (χ3v) is 9.29. The van der Waals surface area contributed by atoms with E-state index >= 15 is 0 Å². The van der Waals surface area contributed by atoms with Gasteiger partial charge < -0.3 is 13.7 Å². The van der Waals surface area contributed by atoms with Crippen molar-refractivity contribution in [2.45, 2.75) is 0 Å². The van der Waals surface area contributed by atoms with Gasteiger partial charge in [-0.2, -0.15) is 0 Å². The number of nitrogens with zero attached hydrogens (tertiary/aromatic N) is 2. The lowest BCUT2D eigenvalue weighted by Gasteiger charge is -2.28. The number of para-hydroxylation sites is 4. The third kappa shape index (κ3) is 3.41. The molecule has 0 aliphatic carbocycles. The van der Waals surface area contributed by atoms with Crippen LogP contribution in [0.2, 0.25) is 0 Å². The summed E-state index contributed by atoms with van der Waals surface area (Å²) in [6.45, 7) is 0. The van der Waals surface area contributed by atoms with Crippen molar-refractivity contribution in [2.24, 2.45) is 0 Å². The van der Waals surface area contributed by atoms with E-state index in [2.05, 4.69) is 161 Å². The van der Waals surface area contributed by atoms with Crippen LogP contribution in [0.4, 0.5) is 17.1 Å². The average Bonchev–Trinajstić information content (AvgIpc) is 3.76. The highest BCUT2D eigenvalue weighted by Gasteiger charge is 2.26. The maximum Gasteiger partial charge on any atom is 0.160 e. The van der Waals surface area contributed by atoms with Crippen molar-refractivity contribution in [1.82, 2.24) is 4.40 Å². The summed E-state index contributed by atoms with van der Waals surface area (Å²) in [6.07, 6.45) is 0. The quantitative estimate of drug-likeness (QED) is 0.208. The van der Waals surface area contributed by atoms with E-state index in [0.29, 0.717) is 0 Å². The predicted molar refractivity (Wildman–Crippen MR) is 188 cm³/mol. The zero-order chi connectivity index (χ0) is 29.5. The standard InChI is InChI=1S/C42H26N2O/c1-3-13-27(14-4-1)30-23-24-34-33-19-9-12-22-39(33)45-42(34)41(30)43(28-15-5-2-6-16-28)29-25-35-31-17-7-10-20-37(31)44-38-21-11-8-18-32(38)36(26-29)40(35)44/h1-26H. The van der Waals surface area contributed by atoms with Gasteiger partial charge in [-0.1, -0.05) is 109 Å². The summed E-state index contributed by atoms with van der Waals surface area (Å²) in [7, 11) is 0. The van der Waals surface area contributed by atoms with E-state index in [4.69, 9.17) is 4.42 Å². The topological polar surface area (TPSA) is 20.8 Å². The summed E-state index contributed by atoms with van der Waals surface area (Å²) < 4.78 is 9.22. The molecule has 3 heterocycles. The van der Waals surface area contributed by atoms with E-state index < -0.39 is 0 Å². The molecule has 0 saturated heterocycles. The summed E-state index contributed by atoms with van der Waals surface area (Å²) >= 11 is 0. The number of rotatable bonds is 4. The molecule has 0 aliphatic heterocycles. The molecule has 3 aromatic heterocycles. The summed E-state index contributed by atoms with van der Waals surface area (Å²) in [5.41, 5.74) is 10.9. The molecule has 3 heteroatoms. The van der Waals surface area contributed by atoms with Gasteiger partial charge in [-0.15, -0.1) is 0 Å². The second-order valence-electron chi connectivity index (χ2n) is 11.7. The molecule has 0 N–H and O–H groups in total. The molecule has 0 atom stereocenters. The minimum atomic E-state index is 0.876. The molecule has 0 spiro atoms. The Morgan fingerprint density at radius 3 is 1.71 bits per heavy atom. The highest BCUT2D eigenvalue weighted by Crippen LogP contribution is 2.49. The summed E-state index contributed by atoms with van der Waals surface area (Å²) in [6, 6.07) is 56.4. The van der Waals surface area contributed by atoms with E-state index in [1.54, 1.807) is 0 Å². The number of hydrogen-bond acceptors (Lipinski definition) is 2. The van der Waals surface area contributed by atoms with Crippen LogP contribution >= 0.6 is 0 Å². The molecule has 10 rings (SSSR count). The van der Waals surface area contributed by atoms with Crippen molar-refractivity contribution in [3.63, 3.8) is 0 Å². The van der Waals surface area contributed by atoms with Gasteiger partial charge in [0.2, 0.25) is 0 Å². The van der Waals surface area contributed by atoms with Crippen molar-refractivity contribution in [3.8, 4) is 11.1 Å². The molecule has 210 valence electrons. The Hall–Kier alpha value is -6.06. The second kappa shape index (κ2) is 9.22. The molecule has 0 unspecified atom stereocenters. The third-order valence-electron chi connectivity index (χ3n) is 9.29. The number of furan rings is 1. The number of hydrogen-bond donors (Lipinski definition) is 0. The maximum absolute atomic E-state index is 6.79. The molecule has 0 saturated carbocycles. The van der Waals surface area contributed by atoms with Crippen LogP contribution in [0.5, 0.6) is 0 Å². The number of anilines is 3. The Morgan fingerprint density at radius 2 is 1.02 bits per heavy atom. The molecule has 3 nitrogen and oxygen atoms in total. The van der Waals surface area contributed by atoms with E-state index in [1.165, 1.54) is 38.1 Å². The largest absolute Gasteiger partial charge is 0.454 e. The number of fused-ring (bicyclic) bond motifs is 9. The summed E-state index contributed by atoms with van der Waals surface area (Å²) in [5.74, 6) is 0. The first kappa shape index (κ1) is 24.4. The smallest absolute Gasteiger partial charge is 0.160 e. The van der Waals surface area contributed by atoms with Gasteiger partial charge >= 0.3 is 0 Å². The zero-order valence-corrected chi connectivity index (χ0v) is 24.3. The second-order valence-corrected chi connectivity index (χ2v) is 11.7. The highest BCUT2D eigenvalue weighted by molar-refractivity contribution is 6.25. The number of aromatic nitrogens is 1. The lowest BCUT2D eigenvalue weighted by molar-refractivity contribution is 0.669. The van der Waals surface area contributed by atoms with Gasteiger partial charge in [-0.05, 0) is 54.1 Å². The van der Waals surface area contributed by atoms with Crippen LogP contribution in [-0.2, 0) is 0 Å². The van der Waals surface area contributed by atoms with Crippen molar-refractivity contribution in [3.05, 3.63) is 158 Å². The molecule has 0 aliphatic rings. The minimum absolute atomic E-state index is 0.876. The minimum Gasteiger partial charge on any atom is -0.454 e. The molecule has 0 bridgehead atoms. The van der Waals surface area contributed by atoms with Crippen LogP contribution in [0.1, 0.15) is 0 Å². The van der Waals surface area contributed by atoms with Crippen LogP contribution in [0.25, 0.3) is 71.2 Å². The Balaban J connectivity index is 1.39. The first-order valence-corrected chi connectivity index (χ1v) is 15.4. The van der Waals surface area contributed by atoms with E-state index in [0.717, 1.165) is 50.1 Å². The maximum atomic E-state index is 6.79. The fraction of sp³-hybridized carbons (Fsp3) is 0. The predicted octanol–water partition coefficient (Wildman–Crippen LogP) is 11.9. The highest BCUT2D eigenvalue weighted by atomic mass is 16.3. The molecule has 7 aromatic carbocycles. The Kier molecular flexibility index (Phi) is 5.00. The first-order valence-electron chi connectivity index (χ1n) is 15.4. The van der Waals surface area contributed by atoms with Gasteiger partial charge in [-0.3, -0.25) is 0 Å². The van der Waals surface area contributed by atoms with Crippen LogP contribution in [-0.4, -0.2) is 4.40 Å². The first-order chi connectivity index (χ1) is 22.3. The Labute approximate surface area is 259 Å². The molecule has 45 heavy (non-hydrogen) atoms. The van der Waals surface area contributed by atoms with E-state index in [9.17, 15) is 0 Å². The van der Waals surface area contributed by atoms with E-state index in [-0.39, 0.29) is 0 Å². The average molecular weight is 575 g/mol. The molecule has 10 aromatic rings. The van der Waals surface area contributed by atoms with Gasteiger partial charge in [0.1, 0.15) is 5.58 Å². The van der Waals surface area contributed by atoms with Gasteiger partial charge in [0.25, 0.3) is 0 Å². The summed E-state index contributed by atoms with van der Waals surface area (Å²) in [5, 5.41) is 7.22. The molecule has 0 fully saturated rings. The molecule has 0 radical (unpaired) electrons. The normalized spacial score (nSPS) is 12.0. The fourth-order valence-corrected chi connectivity index (χ4v) is 7.39. The lowest BCUT2D eigenvalue weighted by Crippen LogP contribution is -2.11. The van der Waals surface area contributed by atoms with Gasteiger partial charge in [0.05, 0.1) is 22.2 Å². The van der Waals surface area contributed by atoms with Crippen molar-refractivity contribution in [2.75, 3.05) is 4.90 Å². The Morgan fingerprint density at radius 1 is 0.444 bits per heavy atom. The molecule has 0 amide bonds. The van der Waals surface area contributed by atoms with Crippen LogP contribution in [0.3, 0.4) is 0 Å². The van der Waals surface area contributed by atoms with E-state index in [1.807, 2.05) is 6.07 Å². The molecular weight excluding hydrogens is 548 g/mol. The Bertz CT molecular complexity index is 2620. The number of benzene rings is 7. The molecular formula is C42H26N2O. The van der Waals surface area contributed by atoms with Crippen LogP contribution in [0, 0.1) is 0 Å². The van der Waals surface area contributed by atoms with Gasteiger partial charge in [0, 0.05) is 49.3 Å². The summed E-state index contributed by atoms with van der Waals surface area (Å²) in [4.78, 5) is 2.40. The van der Waals surface area contributed by atoms with Gasteiger partial charge in [0.15, 0.2) is 5.58 Å². The van der Waals surface area contributed by atoms with Gasteiger partial charge in [-0.25, -0.2) is 0 Å². The monoisotopic (exact) mass is 574 g/mol. The van der Waals surface area contributed by atoms with Crippen molar-refractivity contribution < 1.29 is 4.42 Å². The van der Waals surface area contributed by atoms with Crippen molar-refractivity contribution in [1.29, 1.82) is 0 Å². The van der Waals surface area contributed by atoms with Crippen LogP contribution in [0.15, 0.2) is 162 Å². The van der Waals surface area contributed by atoms with Crippen LogP contribution < -0.4 is 4.90 Å².